The van der Waals surface area contributed by atoms with Gasteiger partial charge in [0.05, 0.1) is 6.61 Å². The van der Waals surface area contributed by atoms with Crippen LogP contribution in [0.5, 0.6) is 0 Å². The number of nitrogens with two attached hydrogens (primary N) is 1. The van der Waals surface area contributed by atoms with Crippen LogP contribution in [-0.4, -0.2) is 24.7 Å². The maximum Gasteiger partial charge on any atom is 0.139 e. The van der Waals surface area contributed by atoms with Gasteiger partial charge in [-0.3, -0.25) is 0 Å². The van der Waals surface area contributed by atoms with Gasteiger partial charge in [-0.1, -0.05) is 29.4 Å². The lowest BCUT2D eigenvalue weighted by atomic mass is 10.1. The lowest BCUT2D eigenvalue weighted by Gasteiger charge is -2.09. The van der Waals surface area contributed by atoms with E-state index in [0.29, 0.717) is 13.0 Å². The van der Waals surface area contributed by atoms with Crippen LogP contribution in [0.4, 0.5) is 0 Å². The van der Waals surface area contributed by atoms with E-state index in [0.717, 1.165) is 19.5 Å². The summed E-state index contributed by atoms with van der Waals surface area (Å²) in [5, 5.41) is 14.7. The zero-order valence-corrected chi connectivity index (χ0v) is 10.7. The van der Waals surface area contributed by atoms with Crippen molar-refractivity contribution in [1.82, 2.24) is 5.32 Å². The SMILES string of the molecule is COCc1ccccc1CNCCCC(N)=NO. The van der Waals surface area contributed by atoms with Crippen LogP contribution in [-0.2, 0) is 17.9 Å². The standard InChI is InChI=1S/C13H21N3O2/c1-18-10-12-6-3-2-5-11(12)9-15-8-4-7-13(14)16-17/h2-3,5-6,15,17H,4,7-10H2,1H3,(H2,14,16). The van der Waals surface area contributed by atoms with Gasteiger partial charge in [0.25, 0.3) is 0 Å². The maximum atomic E-state index is 8.39. The normalized spacial score (nSPS) is 11.7. The van der Waals surface area contributed by atoms with E-state index in [1.807, 2.05) is 12.1 Å². The van der Waals surface area contributed by atoms with Crippen molar-refractivity contribution < 1.29 is 9.94 Å². The molecular weight excluding hydrogens is 230 g/mol. The van der Waals surface area contributed by atoms with Gasteiger partial charge in [-0.15, -0.1) is 0 Å². The Balaban J connectivity index is 2.30. The van der Waals surface area contributed by atoms with Crippen LogP contribution in [0, 0.1) is 0 Å². The van der Waals surface area contributed by atoms with Crippen molar-refractivity contribution >= 4 is 5.84 Å². The number of methoxy groups -OCH3 is 1. The minimum Gasteiger partial charge on any atom is -0.409 e. The number of nitrogens with zero attached hydrogens (tertiary/aromatic N) is 1. The van der Waals surface area contributed by atoms with Crippen molar-refractivity contribution in [3.05, 3.63) is 35.4 Å². The number of benzene rings is 1. The van der Waals surface area contributed by atoms with Crippen molar-refractivity contribution in [2.75, 3.05) is 13.7 Å². The number of hydrogen-bond acceptors (Lipinski definition) is 4. The van der Waals surface area contributed by atoms with Crippen LogP contribution >= 0.6 is 0 Å². The van der Waals surface area contributed by atoms with E-state index in [-0.39, 0.29) is 5.84 Å². The maximum absolute atomic E-state index is 8.39. The molecule has 0 amide bonds. The Kier molecular flexibility index (Phi) is 6.83. The molecule has 100 valence electrons. The summed E-state index contributed by atoms with van der Waals surface area (Å²) in [6.45, 7) is 2.26. The molecule has 0 aliphatic heterocycles. The molecule has 4 N–H and O–H groups in total. The van der Waals surface area contributed by atoms with Crippen LogP contribution in [0.3, 0.4) is 0 Å². The summed E-state index contributed by atoms with van der Waals surface area (Å²) >= 11 is 0. The van der Waals surface area contributed by atoms with Gasteiger partial charge in [-0.05, 0) is 24.1 Å². The first-order valence-electron chi connectivity index (χ1n) is 6.00. The molecule has 0 aromatic heterocycles. The number of oxime groups is 1. The third-order valence-electron chi connectivity index (χ3n) is 2.65. The van der Waals surface area contributed by atoms with Crippen molar-refractivity contribution in [3.8, 4) is 0 Å². The first-order chi connectivity index (χ1) is 8.77. The van der Waals surface area contributed by atoms with Gasteiger partial charge in [0.15, 0.2) is 0 Å². The molecule has 5 heteroatoms. The molecule has 5 nitrogen and oxygen atoms in total. The minimum atomic E-state index is 0.275. The van der Waals surface area contributed by atoms with Gasteiger partial charge in [0.1, 0.15) is 5.84 Å². The third kappa shape index (κ3) is 5.16. The van der Waals surface area contributed by atoms with Gasteiger partial charge >= 0.3 is 0 Å². The average molecular weight is 251 g/mol. The number of amidine groups is 1. The van der Waals surface area contributed by atoms with Crippen molar-refractivity contribution in [2.45, 2.75) is 26.0 Å². The van der Waals surface area contributed by atoms with Crippen molar-refractivity contribution in [3.63, 3.8) is 0 Å². The third-order valence-corrected chi connectivity index (χ3v) is 2.65. The Morgan fingerprint density at radius 3 is 2.78 bits per heavy atom. The predicted molar refractivity (Wildman–Crippen MR) is 71.5 cm³/mol. The monoisotopic (exact) mass is 251 g/mol. The Morgan fingerprint density at radius 2 is 2.11 bits per heavy atom. The fourth-order valence-corrected chi connectivity index (χ4v) is 1.69. The summed E-state index contributed by atoms with van der Waals surface area (Å²) in [5.74, 6) is 0.275. The zero-order valence-electron chi connectivity index (χ0n) is 10.7. The smallest absolute Gasteiger partial charge is 0.139 e. The van der Waals surface area contributed by atoms with E-state index in [1.165, 1.54) is 11.1 Å². The Morgan fingerprint density at radius 1 is 1.39 bits per heavy atom. The van der Waals surface area contributed by atoms with E-state index < -0.39 is 0 Å². The van der Waals surface area contributed by atoms with Gasteiger partial charge in [-0.2, -0.15) is 0 Å². The highest BCUT2D eigenvalue weighted by atomic mass is 16.5. The second-order valence-electron chi connectivity index (χ2n) is 4.07. The summed E-state index contributed by atoms with van der Waals surface area (Å²) < 4.78 is 5.15. The summed E-state index contributed by atoms with van der Waals surface area (Å²) in [4.78, 5) is 0. The molecule has 0 saturated heterocycles. The molecule has 18 heavy (non-hydrogen) atoms. The highest BCUT2D eigenvalue weighted by Crippen LogP contribution is 2.09. The van der Waals surface area contributed by atoms with Gasteiger partial charge in [-0.25, -0.2) is 0 Å². The fraction of sp³-hybridized carbons (Fsp3) is 0.462. The molecule has 0 radical (unpaired) electrons. The Labute approximate surface area is 108 Å². The predicted octanol–water partition coefficient (Wildman–Crippen LogP) is 1.45. The Bertz CT molecular complexity index is 380. The van der Waals surface area contributed by atoms with Gasteiger partial charge in [0.2, 0.25) is 0 Å². The molecule has 0 aliphatic rings. The molecule has 0 heterocycles. The molecule has 0 unspecified atom stereocenters. The van der Waals surface area contributed by atoms with Crippen LogP contribution < -0.4 is 11.1 Å². The lowest BCUT2D eigenvalue weighted by Crippen LogP contribution is -2.19. The van der Waals surface area contributed by atoms with E-state index in [9.17, 15) is 0 Å². The molecule has 1 rings (SSSR count). The van der Waals surface area contributed by atoms with Crippen LogP contribution in [0.2, 0.25) is 0 Å². The summed E-state index contributed by atoms with van der Waals surface area (Å²) in [7, 11) is 1.70. The molecule has 0 bridgehead atoms. The molecule has 1 aromatic carbocycles. The van der Waals surface area contributed by atoms with Gasteiger partial charge < -0.3 is 21.0 Å². The van der Waals surface area contributed by atoms with E-state index in [2.05, 4.69) is 22.6 Å². The quantitative estimate of drug-likeness (QED) is 0.215. The highest BCUT2D eigenvalue weighted by molar-refractivity contribution is 5.79. The van der Waals surface area contributed by atoms with E-state index >= 15 is 0 Å². The second-order valence-corrected chi connectivity index (χ2v) is 4.07. The van der Waals surface area contributed by atoms with Crippen molar-refractivity contribution in [2.24, 2.45) is 10.9 Å². The number of rotatable bonds is 8. The summed E-state index contributed by atoms with van der Waals surface area (Å²) in [5.41, 5.74) is 7.82. The first-order valence-corrected chi connectivity index (χ1v) is 6.00. The topological polar surface area (TPSA) is 79.9 Å². The molecule has 0 atom stereocenters. The van der Waals surface area contributed by atoms with Gasteiger partial charge in [0, 0.05) is 20.1 Å². The van der Waals surface area contributed by atoms with Crippen LogP contribution in [0.1, 0.15) is 24.0 Å². The summed E-state index contributed by atoms with van der Waals surface area (Å²) in [6.07, 6.45) is 1.45. The molecule has 0 spiro atoms. The molecular formula is C13H21N3O2. The number of ether oxygens (including phenoxy) is 1. The number of hydrogen-bond donors (Lipinski definition) is 3. The zero-order chi connectivity index (χ0) is 13.2. The molecule has 0 fully saturated rings. The fourth-order valence-electron chi connectivity index (χ4n) is 1.69. The minimum absolute atomic E-state index is 0.275. The Hall–Kier alpha value is -1.59. The highest BCUT2D eigenvalue weighted by Gasteiger charge is 2.00. The number of nitrogens with one attached hydrogen (secondary N) is 1. The van der Waals surface area contributed by atoms with E-state index in [1.54, 1.807) is 7.11 Å². The average Bonchev–Trinajstić information content (AvgIpc) is 2.40. The van der Waals surface area contributed by atoms with E-state index in [4.69, 9.17) is 15.7 Å². The van der Waals surface area contributed by atoms with Crippen LogP contribution in [0.15, 0.2) is 29.4 Å². The lowest BCUT2D eigenvalue weighted by molar-refractivity contribution is 0.184. The second kappa shape index (κ2) is 8.49. The van der Waals surface area contributed by atoms with Crippen molar-refractivity contribution in [1.29, 1.82) is 0 Å². The molecule has 0 saturated carbocycles. The largest absolute Gasteiger partial charge is 0.409 e. The summed E-state index contributed by atoms with van der Waals surface area (Å²) in [6, 6.07) is 8.19. The molecule has 0 aliphatic carbocycles. The van der Waals surface area contributed by atoms with Crippen LogP contribution in [0.25, 0.3) is 0 Å². The molecule has 1 aromatic rings. The first kappa shape index (κ1) is 14.5.